The Morgan fingerprint density at radius 2 is 1.47 bits per heavy atom. The second-order valence-corrected chi connectivity index (χ2v) is 8.81. The van der Waals surface area contributed by atoms with Gasteiger partial charge in [0.1, 0.15) is 9.26 Å². The van der Waals surface area contributed by atoms with Crippen LogP contribution in [0.3, 0.4) is 0 Å². The van der Waals surface area contributed by atoms with E-state index < -0.39 is 6.49 Å². The first-order chi connectivity index (χ1) is 7.67. The van der Waals surface area contributed by atoms with Crippen LogP contribution in [0.15, 0.2) is 21.4 Å². The van der Waals surface area contributed by atoms with Gasteiger partial charge >= 0.3 is 0 Å². The summed E-state index contributed by atoms with van der Waals surface area (Å²) < 4.78 is 12.1. The van der Waals surface area contributed by atoms with Gasteiger partial charge < -0.3 is 0 Å². The zero-order valence-electron chi connectivity index (χ0n) is 9.52. The van der Waals surface area contributed by atoms with Crippen molar-refractivity contribution < 1.29 is 4.57 Å². The van der Waals surface area contributed by atoms with Gasteiger partial charge in [0.15, 0.2) is 0 Å². The fourth-order valence-corrected chi connectivity index (χ4v) is 5.56. The smallest absolute Gasteiger partial charge is 0.239 e. The first kappa shape index (κ1) is 15.4. The van der Waals surface area contributed by atoms with E-state index in [2.05, 4.69) is 0 Å². The summed E-state index contributed by atoms with van der Waals surface area (Å²) in [6.45, 7) is 2.18. The Balaban J connectivity index is 3.56. The van der Waals surface area contributed by atoms with Gasteiger partial charge in [-0.1, -0.05) is 52.5 Å². The molecule has 0 aliphatic carbocycles. The number of halogens is 4. The molecule has 1 atom stereocenters. The third-order valence-electron chi connectivity index (χ3n) is 2.33. The second-order valence-electron chi connectivity index (χ2n) is 3.83. The fraction of sp³-hybridized carbons (Fsp3) is 0.273. The molecule has 0 bridgehead atoms. The highest BCUT2D eigenvalue weighted by atomic mass is 35.7. The Morgan fingerprint density at radius 3 is 1.82 bits per heavy atom. The highest BCUT2D eigenvalue weighted by Crippen LogP contribution is 2.62. The van der Waals surface area contributed by atoms with Crippen LogP contribution < -0.4 is 5.30 Å². The average Bonchev–Trinajstić information content (AvgIpc) is 2.13. The molecular formula is C11H11Cl4OP. The lowest BCUT2D eigenvalue weighted by Crippen LogP contribution is -2.11. The van der Waals surface area contributed by atoms with Gasteiger partial charge in [-0.25, -0.2) is 0 Å². The molecule has 0 spiro atoms. The summed E-state index contributed by atoms with van der Waals surface area (Å²) in [6, 6.07) is 3.79. The maximum absolute atomic E-state index is 12.5. The summed E-state index contributed by atoms with van der Waals surface area (Å²) in [5.41, 5.74) is 2.69. The van der Waals surface area contributed by atoms with Crippen LogP contribution in [-0.2, 0) is 4.57 Å². The SMILES string of the molecule is Cc1cc(C)c([P@@](=O)(Cl)C(Cl)=C(Cl)Cl)c(C)c1. The molecule has 1 rings (SSSR count). The van der Waals surface area contributed by atoms with Crippen LogP contribution in [0.1, 0.15) is 16.7 Å². The maximum Gasteiger partial charge on any atom is 0.239 e. The van der Waals surface area contributed by atoms with Gasteiger partial charge in [-0.15, -0.1) is 0 Å². The van der Waals surface area contributed by atoms with Crippen molar-refractivity contribution in [2.24, 2.45) is 0 Å². The molecule has 94 valence electrons. The van der Waals surface area contributed by atoms with Gasteiger partial charge in [0.25, 0.3) is 0 Å². The van der Waals surface area contributed by atoms with Crippen molar-refractivity contribution in [3.8, 4) is 0 Å². The van der Waals surface area contributed by atoms with Crippen LogP contribution in [0.5, 0.6) is 0 Å². The molecule has 17 heavy (non-hydrogen) atoms. The lowest BCUT2D eigenvalue weighted by atomic mass is 10.1. The maximum atomic E-state index is 12.5. The van der Waals surface area contributed by atoms with Crippen molar-refractivity contribution in [1.82, 2.24) is 0 Å². The molecule has 0 aromatic heterocycles. The Hall–Kier alpha value is 0.350. The molecule has 1 nitrogen and oxygen atoms in total. The second kappa shape index (κ2) is 5.55. The minimum Gasteiger partial charge on any atom is -0.295 e. The Bertz CT molecular complexity index is 509. The molecular weight excluding hydrogens is 321 g/mol. The molecule has 0 saturated carbocycles. The molecule has 6 heteroatoms. The molecule has 0 aliphatic rings. The van der Waals surface area contributed by atoms with E-state index in [0.29, 0.717) is 5.30 Å². The van der Waals surface area contributed by atoms with E-state index in [1.807, 2.05) is 32.9 Å². The summed E-state index contributed by atoms with van der Waals surface area (Å²) >= 11 is 23.0. The summed E-state index contributed by atoms with van der Waals surface area (Å²) in [7, 11) is 0. The molecule has 0 amide bonds. The van der Waals surface area contributed by atoms with Gasteiger partial charge in [0.05, 0.1) is 0 Å². The minimum absolute atomic E-state index is 0.197. The van der Waals surface area contributed by atoms with E-state index in [4.69, 9.17) is 46.0 Å². The number of aryl methyl sites for hydroxylation is 3. The standard InChI is InChI=1S/C11H11Cl4OP/c1-6-4-7(2)9(8(3)5-6)17(15,16)11(14)10(12)13/h4-5H,1-3H3/t17-/m0/s1. The summed E-state index contributed by atoms with van der Waals surface area (Å²) in [4.78, 5) is 0. The molecule has 0 unspecified atom stereocenters. The highest BCUT2D eigenvalue weighted by Gasteiger charge is 2.31. The molecule has 1 aromatic rings. The van der Waals surface area contributed by atoms with Crippen LogP contribution in [-0.4, -0.2) is 0 Å². The van der Waals surface area contributed by atoms with Crippen LogP contribution in [0.25, 0.3) is 0 Å². The third-order valence-corrected chi connectivity index (χ3v) is 7.35. The number of rotatable bonds is 2. The van der Waals surface area contributed by atoms with Crippen molar-refractivity contribution in [2.75, 3.05) is 0 Å². The first-order valence-corrected chi connectivity index (χ1v) is 8.52. The van der Waals surface area contributed by atoms with Gasteiger partial charge in [-0.05, 0) is 43.1 Å². The lowest BCUT2D eigenvalue weighted by Gasteiger charge is -2.16. The number of benzene rings is 1. The highest BCUT2D eigenvalue weighted by molar-refractivity contribution is 7.99. The normalized spacial score (nSPS) is 14.3. The minimum atomic E-state index is -3.43. The average molecular weight is 332 g/mol. The predicted molar refractivity (Wildman–Crippen MR) is 78.3 cm³/mol. The molecule has 0 aliphatic heterocycles. The van der Waals surface area contributed by atoms with Crippen molar-refractivity contribution >= 4 is 57.8 Å². The van der Waals surface area contributed by atoms with Crippen LogP contribution >= 0.6 is 52.5 Å². The predicted octanol–water partition coefficient (Wildman–Crippen LogP) is 5.60. The molecule has 1 aromatic carbocycles. The fourth-order valence-electron chi connectivity index (χ4n) is 1.83. The van der Waals surface area contributed by atoms with Crippen LogP contribution in [0.4, 0.5) is 0 Å². The first-order valence-electron chi connectivity index (χ1n) is 4.77. The van der Waals surface area contributed by atoms with Gasteiger partial charge in [0, 0.05) is 5.30 Å². The van der Waals surface area contributed by atoms with Gasteiger partial charge in [-0.2, -0.15) is 0 Å². The third kappa shape index (κ3) is 3.22. The molecule has 0 saturated heterocycles. The number of hydrogen-bond donors (Lipinski definition) is 0. The van der Waals surface area contributed by atoms with Crippen molar-refractivity contribution in [3.05, 3.63) is 38.1 Å². The van der Waals surface area contributed by atoms with Crippen LogP contribution in [0.2, 0.25) is 0 Å². The molecule has 0 radical (unpaired) electrons. The molecule has 0 fully saturated rings. The summed E-state index contributed by atoms with van der Waals surface area (Å²) in [6.07, 6.45) is 0. The van der Waals surface area contributed by atoms with Crippen molar-refractivity contribution in [1.29, 1.82) is 0 Å². The van der Waals surface area contributed by atoms with E-state index in [1.54, 1.807) is 0 Å². The molecule has 0 N–H and O–H groups in total. The van der Waals surface area contributed by atoms with E-state index in [9.17, 15) is 4.57 Å². The molecule has 0 heterocycles. The quantitative estimate of drug-likeness (QED) is 0.645. The van der Waals surface area contributed by atoms with E-state index in [0.717, 1.165) is 16.7 Å². The largest absolute Gasteiger partial charge is 0.295 e. The zero-order chi connectivity index (χ0) is 13.4. The Morgan fingerprint density at radius 1 is 1.06 bits per heavy atom. The monoisotopic (exact) mass is 330 g/mol. The topological polar surface area (TPSA) is 17.1 Å². The summed E-state index contributed by atoms with van der Waals surface area (Å²) in [5.74, 6) is 0. The van der Waals surface area contributed by atoms with Gasteiger partial charge in [0.2, 0.25) is 6.49 Å². The van der Waals surface area contributed by atoms with Crippen molar-refractivity contribution in [3.63, 3.8) is 0 Å². The Labute approximate surface area is 121 Å². The van der Waals surface area contributed by atoms with E-state index in [1.165, 1.54) is 0 Å². The Kier molecular flexibility index (Phi) is 5.03. The van der Waals surface area contributed by atoms with E-state index in [-0.39, 0.29) is 9.26 Å². The lowest BCUT2D eigenvalue weighted by molar-refractivity contribution is 0.594. The van der Waals surface area contributed by atoms with Crippen LogP contribution in [0, 0.1) is 20.8 Å². The van der Waals surface area contributed by atoms with Gasteiger partial charge in [-0.3, -0.25) is 4.57 Å². The zero-order valence-corrected chi connectivity index (χ0v) is 13.4. The van der Waals surface area contributed by atoms with Crippen molar-refractivity contribution in [2.45, 2.75) is 20.8 Å². The number of hydrogen-bond acceptors (Lipinski definition) is 1. The summed E-state index contributed by atoms with van der Waals surface area (Å²) in [5, 5.41) is 0.508. The van der Waals surface area contributed by atoms with E-state index >= 15 is 0 Å².